The van der Waals surface area contributed by atoms with E-state index in [0.717, 1.165) is 18.4 Å². The summed E-state index contributed by atoms with van der Waals surface area (Å²) in [7, 11) is 4.74. The van der Waals surface area contributed by atoms with Crippen LogP contribution in [0.3, 0.4) is 0 Å². The van der Waals surface area contributed by atoms with Crippen molar-refractivity contribution in [3.63, 3.8) is 0 Å². The van der Waals surface area contributed by atoms with Gasteiger partial charge >= 0.3 is 5.97 Å². The van der Waals surface area contributed by atoms with Crippen molar-refractivity contribution in [1.29, 1.82) is 0 Å². The molecule has 0 radical (unpaired) electrons. The average Bonchev–Trinajstić information content (AvgIpc) is 3.17. The quantitative estimate of drug-likeness (QED) is 0.206. The Balaban J connectivity index is 1.77. The molecule has 12 nitrogen and oxygen atoms in total. The highest BCUT2D eigenvalue weighted by molar-refractivity contribution is 6.39. The maximum Gasteiger partial charge on any atom is 0.329 e. The first-order chi connectivity index (χ1) is 26.1. The van der Waals surface area contributed by atoms with Gasteiger partial charge in [0.2, 0.25) is 5.79 Å². The summed E-state index contributed by atoms with van der Waals surface area (Å²) in [5.74, 6) is -7.23. The Labute approximate surface area is 328 Å². The van der Waals surface area contributed by atoms with Gasteiger partial charge in [0, 0.05) is 52.0 Å². The fourth-order valence-corrected chi connectivity index (χ4v) is 9.03. The number of cyclic esters (lactones) is 1. The van der Waals surface area contributed by atoms with E-state index in [1.54, 1.807) is 21.0 Å². The summed E-state index contributed by atoms with van der Waals surface area (Å²) < 4.78 is 29.8. The smallest absolute Gasteiger partial charge is 0.329 e. The molecule has 13 atom stereocenters. The van der Waals surface area contributed by atoms with E-state index in [9.17, 15) is 29.4 Å². The van der Waals surface area contributed by atoms with Crippen molar-refractivity contribution < 1.29 is 53.1 Å². The molecule has 2 N–H and O–H groups in total. The van der Waals surface area contributed by atoms with Gasteiger partial charge in [-0.15, -0.1) is 0 Å². The molecule has 0 saturated carbocycles. The Hall–Kier alpha value is -2.74. The molecule has 4 rings (SSSR count). The Bertz CT molecular complexity index is 1440. The summed E-state index contributed by atoms with van der Waals surface area (Å²) in [5, 5.41) is 23.6. The maximum atomic E-state index is 14.3. The number of rotatable bonds is 6. The molecule has 4 aliphatic rings. The number of esters is 1. The first-order valence-electron chi connectivity index (χ1n) is 20.4. The normalized spacial score (nSPS) is 40.5. The van der Waals surface area contributed by atoms with Crippen LogP contribution in [0.1, 0.15) is 106 Å². The molecule has 12 heteroatoms. The van der Waals surface area contributed by atoms with Crippen LogP contribution in [0.15, 0.2) is 35.5 Å². The monoisotopic (exact) mass is 773 g/mol. The van der Waals surface area contributed by atoms with Crippen LogP contribution in [0, 0.1) is 29.6 Å². The van der Waals surface area contributed by atoms with Gasteiger partial charge in [0.05, 0.1) is 24.4 Å². The predicted molar refractivity (Wildman–Crippen MR) is 207 cm³/mol. The van der Waals surface area contributed by atoms with Crippen LogP contribution in [0.4, 0.5) is 0 Å². The fraction of sp³-hybridized carbons (Fsp3) is 0.767. The van der Waals surface area contributed by atoms with Crippen LogP contribution in [0.5, 0.6) is 0 Å². The summed E-state index contributed by atoms with van der Waals surface area (Å²) >= 11 is 0. The fourth-order valence-electron chi connectivity index (χ4n) is 9.03. The lowest BCUT2D eigenvalue weighted by Gasteiger charge is -2.47. The summed E-state index contributed by atoms with van der Waals surface area (Å²) in [5.41, 5.74) is 1.72. The highest BCUT2D eigenvalue weighted by Gasteiger charge is 2.56. The van der Waals surface area contributed by atoms with Crippen LogP contribution in [-0.2, 0) is 42.9 Å². The van der Waals surface area contributed by atoms with Crippen molar-refractivity contribution in [2.24, 2.45) is 29.6 Å². The standard InChI is InChI=1S/C43H67NO11/c1-10-31-19-25(2)18-26(3)20-36(52-8)39-37(53-9)22-28(5)43(50,55-39)40(47)41(48)44-17-12-11-16-33(44)42(49)54-38(29(6)34(45)24-35(31)46)27(4)21-30-14-13-15-32(23-30)51-7/h13,15,19,21,26,28-34,36-39,45,50H,10-12,14,16-18,20,22-24H2,1-9H3/b25-19+,27-21+/t26-,28+,29+,30?,31+,32-,33-,34-,36-,37-,38+,39+,43+/m0/s1. The number of allylic oxidation sites excluding steroid dienone is 4. The second-order valence-electron chi connectivity index (χ2n) is 16.7. The van der Waals surface area contributed by atoms with E-state index in [1.807, 2.05) is 39.0 Å². The minimum absolute atomic E-state index is 0.0472. The lowest BCUT2D eigenvalue weighted by molar-refractivity contribution is -0.302. The molecule has 0 aromatic rings. The molecule has 55 heavy (non-hydrogen) atoms. The van der Waals surface area contributed by atoms with Crippen molar-refractivity contribution in [2.75, 3.05) is 27.9 Å². The number of Topliss-reactive ketones (excluding diaryl/α,β-unsaturated/α-hetero) is 2. The van der Waals surface area contributed by atoms with Crippen molar-refractivity contribution in [1.82, 2.24) is 4.90 Å². The largest absolute Gasteiger partial charge is 0.456 e. The zero-order chi connectivity index (χ0) is 40.6. The van der Waals surface area contributed by atoms with Crippen LogP contribution in [0.2, 0.25) is 0 Å². The van der Waals surface area contributed by atoms with E-state index in [0.29, 0.717) is 37.7 Å². The van der Waals surface area contributed by atoms with Crippen LogP contribution in [0.25, 0.3) is 0 Å². The zero-order valence-electron chi connectivity index (χ0n) is 34.5. The number of carbonyl (C=O) groups is 4. The number of hydrogen-bond acceptors (Lipinski definition) is 11. The van der Waals surface area contributed by atoms with Crippen molar-refractivity contribution in [2.45, 2.75) is 154 Å². The average molecular weight is 774 g/mol. The molecule has 0 aromatic carbocycles. The number of ether oxygens (including phenoxy) is 5. The number of fused-ring (bicyclic) bond motifs is 3. The number of carbonyl (C=O) groups excluding carboxylic acids is 4. The third kappa shape index (κ3) is 10.8. The number of nitrogens with zero attached hydrogens (tertiary/aromatic N) is 1. The minimum Gasteiger partial charge on any atom is -0.456 e. The lowest BCUT2D eigenvalue weighted by Crippen LogP contribution is -2.64. The second-order valence-corrected chi connectivity index (χ2v) is 16.7. The molecule has 3 heterocycles. The molecule has 2 bridgehead atoms. The molecular formula is C43H67NO11. The maximum absolute atomic E-state index is 14.3. The highest BCUT2D eigenvalue weighted by Crippen LogP contribution is 2.39. The molecule has 3 aliphatic heterocycles. The number of aliphatic hydroxyl groups excluding tert-OH is 1. The Morgan fingerprint density at radius 1 is 1.00 bits per heavy atom. The molecule has 310 valence electrons. The molecule has 1 amide bonds. The molecule has 2 fully saturated rings. The van der Waals surface area contributed by atoms with Gasteiger partial charge < -0.3 is 38.8 Å². The predicted octanol–water partition coefficient (Wildman–Crippen LogP) is 5.28. The first-order valence-corrected chi connectivity index (χ1v) is 20.4. The van der Waals surface area contributed by atoms with Crippen LogP contribution >= 0.6 is 0 Å². The number of methoxy groups -OCH3 is 3. The zero-order valence-corrected chi connectivity index (χ0v) is 34.5. The first kappa shape index (κ1) is 45.0. The van der Waals surface area contributed by atoms with Gasteiger partial charge in [-0.25, -0.2) is 4.79 Å². The summed E-state index contributed by atoms with van der Waals surface area (Å²) in [6.45, 7) is 11.4. The van der Waals surface area contributed by atoms with E-state index in [4.69, 9.17) is 23.7 Å². The van der Waals surface area contributed by atoms with E-state index in [1.165, 1.54) is 19.1 Å². The van der Waals surface area contributed by atoms with E-state index in [-0.39, 0.29) is 49.5 Å². The molecule has 0 aromatic heterocycles. The molecule has 2 saturated heterocycles. The van der Waals surface area contributed by atoms with Gasteiger partial charge in [-0.2, -0.15) is 0 Å². The Morgan fingerprint density at radius 2 is 1.69 bits per heavy atom. The molecule has 0 spiro atoms. The van der Waals surface area contributed by atoms with Gasteiger partial charge in [0.1, 0.15) is 24.0 Å². The molecular weight excluding hydrogens is 706 g/mol. The van der Waals surface area contributed by atoms with Gasteiger partial charge in [-0.1, -0.05) is 57.6 Å². The SMILES string of the molecule is CC[C@@H]1/C=C(\C)C[C@H](C)C[C@H](OC)[C@H]2O[C@@](O)(C(=O)C(=O)N3CCCC[C@H]3C(=O)O[C@H](/C(C)=C/C3CC=C[C@H](OC)C3)[C@H](C)[C@@H](O)CC1=O)[C@H](C)C[C@@H]2OC. The van der Waals surface area contributed by atoms with E-state index in [2.05, 4.69) is 13.0 Å². The topological polar surface area (TPSA) is 158 Å². The third-order valence-electron chi connectivity index (χ3n) is 12.4. The number of piperidine rings is 1. The molecule has 1 unspecified atom stereocenters. The number of aliphatic hydroxyl groups is 2. The Kier molecular flexibility index (Phi) is 16.4. The summed E-state index contributed by atoms with van der Waals surface area (Å²) in [6.07, 6.45) is 8.71. The number of amides is 1. The highest BCUT2D eigenvalue weighted by atomic mass is 16.7. The lowest BCUT2D eigenvalue weighted by atomic mass is 9.82. The van der Waals surface area contributed by atoms with Crippen molar-refractivity contribution >= 4 is 23.4 Å². The van der Waals surface area contributed by atoms with E-state index < -0.39 is 77.8 Å². The van der Waals surface area contributed by atoms with Gasteiger partial charge in [0.15, 0.2) is 0 Å². The Morgan fingerprint density at radius 3 is 2.35 bits per heavy atom. The third-order valence-corrected chi connectivity index (χ3v) is 12.4. The minimum atomic E-state index is -2.49. The van der Waals surface area contributed by atoms with Gasteiger partial charge in [0.25, 0.3) is 11.7 Å². The van der Waals surface area contributed by atoms with Crippen molar-refractivity contribution in [3.05, 3.63) is 35.5 Å². The van der Waals surface area contributed by atoms with Gasteiger partial charge in [-0.3, -0.25) is 14.4 Å². The van der Waals surface area contributed by atoms with Crippen LogP contribution in [-0.4, -0.2) is 115 Å². The second kappa shape index (κ2) is 20.1. The summed E-state index contributed by atoms with van der Waals surface area (Å²) in [6, 6.07) is -1.11. The summed E-state index contributed by atoms with van der Waals surface area (Å²) in [4.78, 5) is 57.6. The number of ketones is 2. The molecule has 1 aliphatic carbocycles. The van der Waals surface area contributed by atoms with E-state index >= 15 is 0 Å². The van der Waals surface area contributed by atoms with Gasteiger partial charge in [-0.05, 0) is 89.0 Å². The van der Waals surface area contributed by atoms with Crippen LogP contribution < -0.4 is 0 Å². The number of hydrogen-bond donors (Lipinski definition) is 2. The van der Waals surface area contributed by atoms with Crippen molar-refractivity contribution in [3.8, 4) is 0 Å².